The van der Waals surface area contributed by atoms with Crippen molar-refractivity contribution in [1.29, 1.82) is 0 Å². The second kappa shape index (κ2) is 6.29. The summed E-state index contributed by atoms with van der Waals surface area (Å²) >= 11 is 0. The van der Waals surface area contributed by atoms with Crippen molar-refractivity contribution in [2.75, 3.05) is 33.0 Å². The van der Waals surface area contributed by atoms with E-state index in [2.05, 4.69) is 0 Å². The van der Waals surface area contributed by atoms with Crippen LogP contribution in [0.25, 0.3) is 0 Å². The molecule has 3 saturated heterocycles. The maximum absolute atomic E-state index is 12.2. The van der Waals surface area contributed by atoms with Gasteiger partial charge in [-0.05, 0) is 6.42 Å². The average Bonchev–Trinajstić information content (AvgIpc) is 3.33. The SMILES string of the molecule is CC(C(=O)OCC1CO1)C(CC1CO1)C(=O)OCC1CO1. The highest BCUT2D eigenvalue weighted by molar-refractivity contribution is 5.82. The number of carbonyl (C=O) groups is 2. The molecule has 0 radical (unpaired) electrons. The summed E-state index contributed by atoms with van der Waals surface area (Å²) in [6.07, 6.45) is 0.564. The number of hydrogen-bond donors (Lipinski definition) is 0. The Morgan fingerprint density at radius 1 is 0.952 bits per heavy atom. The number of hydrogen-bond acceptors (Lipinski definition) is 7. The predicted octanol–water partition coefficient (Wildman–Crippen LogP) is -0.0884. The van der Waals surface area contributed by atoms with Crippen LogP contribution in [0.5, 0.6) is 0 Å². The zero-order chi connectivity index (χ0) is 14.8. The second-order valence-corrected chi connectivity index (χ2v) is 5.76. The van der Waals surface area contributed by atoms with Crippen LogP contribution in [-0.2, 0) is 33.3 Å². The predicted molar refractivity (Wildman–Crippen MR) is 68.4 cm³/mol. The van der Waals surface area contributed by atoms with Crippen molar-refractivity contribution in [3.8, 4) is 0 Å². The standard InChI is InChI=1S/C14H20O7/c1-8(13(15)20-6-10-4-18-10)12(2-9-3-17-9)14(16)21-7-11-5-19-11/h8-12H,2-7H2,1H3. The average molecular weight is 300 g/mol. The molecule has 3 fully saturated rings. The zero-order valence-corrected chi connectivity index (χ0v) is 12.0. The lowest BCUT2D eigenvalue weighted by atomic mass is 9.90. The summed E-state index contributed by atoms with van der Waals surface area (Å²) in [6, 6.07) is 0. The van der Waals surface area contributed by atoms with Crippen LogP contribution in [0.2, 0.25) is 0 Å². The fourth-order valence-electron chi connectivity index (χ4n) is 2.07. The van der Waals surface area contributed by atoms with Crippen LogP contribution in [0.15, 0.2) is 0 Å². The fraction of sp³-hybridized carbons (Fsp3) is 0.857. The largest absolute Gasteiger partial charge is 0.463 e. The molecule has 3 heterocycles. The minimum Gasteiger partial charge on any atom is -0.463 e. The van der Waals surface area contributed by atoms with Gasteiger partial charge in [-0.3, -0.25) is 9.59 Å². The molecule has 0 amide bonds. The Labute approximate surface area is 122 Å². The molecule has 0 aromatic heterocycles. The van der Waals surface area contributed by atoms with Crippen LogP contribution in [0, 0.1) is 11.8 Å². The van der Waals surface area contributed by atoms with E-state index in [0.29, 0.717) is 26.2 Å². The molecule has 5 atom stereocenters. The lowest BCUT2D eigenvalue weighted by molar-refractivity contribution is -0.161. The van der Waals surface area contributed by atoms with Gasteiger partial charge in [0.2, 0.25) is 0 Å². The van der Waals surface area contributed by atoms with E-state index in [1.54, 1.807) is 6.92 Å². The maximum Gasteiger partial charge on any atom is 0.309 e. The Bertz CT molecular complexity index is 398. The van der Waals surface area contributed by atoms with E-state index in [1.807, 2.05) is 0 Å². The molecular weight excluding hydrogens is 280 g/mol. The van der Waals surface area contributed by atoms with Gasteiger partial charge < -0.3 is 23.7 Å². The summed E-state index contributed by atoms with van der Waals surface area (Å²) in [5.41, 5.74) is 0. The molecular formula is C14H20O7. The highest BCUT2D eigenvalue weighted by Gasteiger charge is 2.39. The van der Waals surface area contributed by atoms with Gasteiger partial charge >= 0.3 is 11.9 Å². The summed E-state index contributed by atoms with van der Waals surface area (Å²) in [7, 11) is 0. The van der Waals surface area contributed by atoms with Crippen LogP contribution in [0.1, 0.15) is 13.3 Å². The molecule has 0 spiro atoms. The topological polar surface area (TPSA) is 90.2 Å². The monoisotopic (exact) mass is 300 g/mol. The molecule has 0 aliphatic carbocycles. The Morgan fingerprint density at radius 2 is 1.43 bits per heavy atom. The van der Waals surface area contributed by atoms with Crippen molar-refractivity contribution < 1.29 is 33.3 Å². The molecule has 0 saturated carbocycles. The molecule has 0 N–H and O–H groups in total. The summed E-state index contributed by atoms with van der Waals surface area (Å²) in [5.74, 6) is -1.87. The van der Waals surface area contributed by atoms with Crippen molar-refractivity contribution in [2.45, 2.75) is 31.7 Å². The third-order valence-electron chi connectivity index (χ3n) is 3.82. The van der Waals surface area contributed by atoms with Gasteiger partial charge in [-0.2, -0.15) is 0 Å². The van der Waals surface area contributed by atoms with Crippen LogP contribution in [0.4, 0.5) is 0 Å². The van der Waals surface area contributed by atoms with E-state index >= 15 is 0 Å². The van der Waals surface area contributed by atoms with Gasteiger partial charge in [0.1, 0.15) is 25.4 Å². The Kier molecular flexibility index (Phi) is 4.42. The van der Waals surface area contributed by atoms with Crippen LogP contribution < -0.4 is 0 Å². The first-order chi connectivity index (χ1) is 10.1. The molecule has 118 valence electrons. The number of esters is 2. The van der Waals surface area contributed by atoms with Crippen molar-refractivity contribution in [3.05, 3.63) is 0 Å². The van der Waals surface area contributed by atoms with Crippen LogP contribution in [-0.4, -0.2) is 63.3 Å². The van der Waals surface area contributed by atoms with Gasteiger partial charge in [0.15, 0.2) is 0 Å². The van der Waals surface area contributed by atoms with Gasteiger partial charge in [0, 0.05) is 0 Å². The van der Waals surface area contributed by atoms with E-state index in [-0.39, 0.29) is 37.5 Å². The first kappa shape index (κ1) is 14.7. The second-order valence-electron chi connectivity index (χ2n) is 5.76. The molecule has 0 aromatic carbocycles. The van der Waals surface area contributed by atoms with E-state index in [9.17, 15) is 9.59 Å². The molecule has 0 bridgehead atoms. The summed E-state index contributed by atoms with van der Waals surface area (Å²) in [6.45, 7) is 4.08. The van der Waals surface area contributed by atoms with Crippen molar-refractivity contribution >= 4 is 11.9 Å². The van der Waals surface area contributed by atoms with Crippen LogP contribution >= 0.6 is 0 Å². The fourth-order valence-corrected chi connectivity index (χ4v) is 2.07. The number of rotatable bonds is 9. The van der Waals surface area contributed by atoms with Crippen molar-refractivity contribution in [3.63, 3.8) is 0 Å². The van der Waals surface area contributed by atoms with E-state index < -0.39 is 17.8 Å². The molecule has 5 unspecified atom stereocenters. The number of epoxide rings is 3. The van der Waals surface area contributed by atoms with Crippen molar-refractivity contribution in [2.24, 2.45) is 11.8 Å². The Balaban J connectivity index is 1.50. The van der Waals surface area contributed by atoms with Gasteiger partial charge in [-0.25, -0.2) is 0 Å². The minimum absolute atomic E-state index is 0.0149. The first-order valence-electron chi connectivity index (χ1n) is 7.31. The number of ether oxygens (including phenoxy) is 5. The van der Waals surface area contributed by atoms with Gasteiger partial charge in [0.25, 0.3) is 0 Å². The minimum atomic E-state index is -0.555. The third kappa shape index (κ3) is 4.66. The molecule has 3 aliphatic rings. The summed E-state index contributed by atoms with van der Waals surface area (Å²) < 4.78 is 25.5. The molecule has 7 heteroatoms. The molecule has 3 rings (SSSR count). The Hall–Kier alpha value is -1.18. The quantitative estimate of drug-likeness (QED) is 0.434. The zero-order valence-electron chi connectivity index (χ0n) is 12.0. The lowest BCUT2D eigenvalue weighted by Gasteiger charge is -2.20. The lowest BCUT2D eigenvalue weighted by Crippen LogP contribution is -2.33. The van der Waals surface area contributed by atoms with E-state index in [4.69, 9.17) is 23.7 Å². The molecule has 0 aromatic rings. The van der Waals surface area contributed by atoms with Gasteiger partial charge in [-0.15, -0.1) is 0 Å². The van der Waals surface area contributed by atoms with Gasteiger partial charge in [-0.1, -0.05) is 6.92 Å². The summed E-state index contributed by atoms with van der Waals surface area (Å²) in [4.78, 5) is 24.2. The maximum atomic E-state index is 12.2. The van der Waals surface area contributed by atoms with Gasteiger partial charge in [0.05, 0.1) is 37.8 Å². The van der Waals surface area contributed by atoms with E-state index in [1.165, 1.54) is 0 Å². The highest BCUT2D eigenvalue weighted by Crippen LogP contribution is 2.27. The number of carbonyl (C=O) groups excluding carboxylic acids is 2. The molecule has 3 aliphatic heterocycles. The van der Waals surface area contributed by atoms with Crippen molar-refractivity contribution in [1.82, 2.24) is 0 Å². The van der Waals surface area contributed by atoms with E-state index in [0.717, 1.165) is 0 Å². The third-order valence-corrected chi connectivity index (χ3v) is 3.82. The normalized spacial score (nSPS) is 32.0. The first-order valence-corrected chi connectivity index (χ1v) is 7.31. The smallest absolute Gasteiger partial charge is 0.309 e. The molecule has 7 nitrogen and oxygen atoms in total. The Morgan fingerprint density at radius 3 is 1.90 bits per heavy atom. The highest BCUT2D eigenvalue weighted by atomic mass is 16.6. The summed E-state index contributed by atoms with van der Waals surface area (Å²) in [5, 5.41) is 0. The van der Waals surface area contributed by atoms with Crippen LogP contribution in [0.3, 0.4) is 0 Å². The molecule has 21 heavy (non-hydrogen) atoms.